The van der Waals surface area contributed by atoms with Gasteiger partial charge in [0.1, 0.15) is 11.7 Å². The third-order valence-corrected chi connectivity index (χ3v) is 5.26. The summed E-state index contributed by atoms with van der Waals surface area (Å²) >= 11 is 0. The normalized spacial score (nSPS) is 17.0. The van der Waals surface area contributed by atoms with Gasteiger partial charge in [-0.25, -0.2) is 4.79 Å². The average molecular weight is 368 g/mol. The van der Waals surface area contributed by atoms with Gasteiger partial charge in [-0.15, -0.1) is 0 Å². The number of carboxylic acids is 1. The van der Waals surface area contributed by atoms with E-state index in [1.165, 1.54) is 24.1 Å². The summed E-state index contributed by atoms with van der Waals surface area (Å²) in [7, 11) is 1.66. The molecule has 3 rings (SSSR count). The lowest BCUT2D eigenvalue weighted by molar-refractivity contribution is -0.139. The molecule has 27 heavy (non-hydrogen) atoms. The van der Waals surface area contributed by atoms with Crippen LogP contribution in [0.3, 0.4) is 0 Å². The van der Waals surface area contributed by atoms with E-state index in [0.717, 1.165) is 19.3 Å². The van der Waals surface area contributed by atoms with Crippen LogP contribution in [0.4, 0.5) is 0 Å². The second-order valence-corrected chi connectivity index (χ2v) is 7.17. The third kappa shape index (κ3) is 4.10. The van der Waals surface area contributed by atoms with Gasteiger partial charge in [0.25, 0.3) is 5.91 Å². The lowest BCUT2D eigenvalue weighted by atomic mass is 9.79. The number of hydrogen-bond donors (Lipinski definition) is 2. The highest BCUT2D eigenvalue weighted by Gasteiger charge is 2.29. The molecule has 1 aliphatic carbocycles. The second kappa shape index (κ2) is 7.78. The van der Waals surface area contributed by atoms with E-state index in [1.54, 1.807) is 17.8 Å². The van der Waals surface area contributed by atoms with Crippen LogP contribution in [0.15, 0.2) is 36.5 Å². The van der Waals surface area contributed by atoms with Crippen molar-refractivity contribution in [3.8, 4) is 0 Å². The third-order valence-electron chi connectivity index (χ3n) is 5.26. The van der Waals surface area contributed by atoms with Crippen LogP contribution in [0.5, 0.6) is 0 Å². The Labute approximate surface area is 158 Å². The number of ketones is 1. The van der Waals surface area contributed by atoms with Gasteiger partial charge in [-0.2, -0.15) is 0 Å². The van der Waals surface area contributed by atoms with Crippen LogP contribution >= 0.6 is 0 Å². The summed E-state index contributed by atoms with van der Waals surface area (Å²) in [5.41, 5.74) is 3.14. The van der Waals surface area contributed by atoms with Gasteiger partial charge in [-0.1, -0.05) is 24.3 Å². The maximum Gasteiger partial charge on any atom is 0.326 e. The highest BCUT2D eigenvalue weighted by Crippen LogP contribution is 2.34. The summed E-state index contributed by atoms with van der Waals surface area (Å²) in [5.74, 6) is -1.57. The van der Waals surface area contributed by atoms with Gasteiger partial charge >= 0.3 is 5.97 Å². The zero-order valence-corrected chi connectivity index (χ0v) is 15.6. The monoisotopic (exact) mass is 368 g/mol. The maximum absolute atomic E-state index is 12.6. The number of carbonyl (C=O) groups excluding carboxylic acids is 2. The first-order valence-electron chi connectivity index (χ1n) is 9.15. The number of Topliss-reactive ketones (excluding diaryl/α,β-unsaturated/α-hetero) is 1. The Morgan fingerprint density at radius 3 is 2.70 bits per heavy atom. The van der Waals surface area contributed by atoms with Crippen LogP contribution in [0.2, 0.25) is 0 Å². The van der Waals surface area contributed by atoms with Gasteiger partial charge in [0, 0.05) is 18.8 Å². The molecule has 0 fully saturated rings. The molecule has 1 aromatic heterocycles. The molecule has 0 aliphatic heterocycles. The first kappa shape index (κ1) is 18.9. The molecule has 2 N–H and O–H groups in total. The fraction of sp³-hybridized carbons (Fsp3) is 0.381. The van der Waals surface area contributed by atoms with E-state index in [0.29, 0.717) is 12.0 Å². The van der Waals surface area contributed by atoms with E-state index in [9.17, 15) is 19.5 Å². The molecule has 0 spiro atoms. The zero-order chi connectivity index (χ0) is 19.6. The minimum absolute atomic E-state index is 0.109. The molecule has 142 valence electrons. The standard InChI is InChI=1S/C21H24N2O4/c1-13(24)16-11-19(23(2)12-16)20(25)22-18(21(26)27)10-15-8-5-7-14-6-3-4-9-17(14)15/h3-4,6,9,11-12,15,18H,5,7-8,10H2,1-2H3,(H,22,25)(H,26,27). The Bertz CT molecular complexity index is 884. The summed E-state index contributed by atoms with van der Waals surface area (Å²) in [6.45, 7) is 1.43. The number of hydrogen-bond acceptors (Lipinski definition) is 3. The Hall–Kier alpha value is -2.89. The molecule has 1 heterocycles. The number of nitrogens with one attached hydrogen (secondary N) is 1. The summed E-state index contributed by atoms with van der Waals surface area (Å²) in [6.07, 6.45) is 4.86. The van der Waals surface area contributed by atoms with Gasteiger partial charge in [0.2, 0.25) is 0 Å². The topological polar surface area (TPSA) is 88.4 Å². The van der Waals surface area contributed by atoms with Crippen LogP contribution in [-0.4, -0.2) is 33.4 Å². The number of carbonyl (C=O) groups is 3. The van der Waals surface area contributed by atoms with Gasteiger partial charge in [-0.05, 0) is 55.7 Å². The van der Waals surface area contributed by atoms with Crippen molar-refractivity contribution in [3.05, 3.63) is 58.9 Å². The predicted molar refractivity (Wildman–Crippen MR) is 101 cm³/mol. The molecule has 2 unspecified atom stereocenters. The van der Waals surface area contributed by atoms with Crippen LogP contribution in [0.25, 0.3) is 0 Å². The molecular weight excluding hydrogens is 344 g/mol. The average Bonchev–Trinajstić information content (AvgIpc) is 3.03. The number of aryl methyl sites for hydroxylation is 2. The largest absolute Gasteiger partial charge is 0.480 e. The smallest absolute Gasteiger partial charge is 0.326 e. The van der Waals surface area contributed by atoms with E-state index in [4.69, 9.17) is 0 Å². The number of amides is 1. The molecule has 0 saturated carbocycles. The molecule has 6 nitrogen and oxygen atoms in total. The summed E-state index contributed by atoms with van der Waals surface area (Å²) in [6, 6.07) is 8.62. The van der Waals surface area contributed by atoms with Crippen LogP contribution in [0.1, 0.15) is 64.1 Å². The fourth-order valence-electron chi connectivity index (χ4n) is 3.82. The quantitative estimate of drug-likeness (QED) is 0.768. The molecule has 6 heteroatoms. The van der Waals surface area contributed by atoms with E-state index < -0.39 is 17.9 Å². The summed E-state index contributed by atoms with van der Waals surface area (Å²) < 4.78 is 1.54. The highest BCUT2D eigenvalue weighted by molar-refractivity contribution is 6.00. The number of benzene rings is 1. The Kier molecular flexibility index (Phi) is 5.44. The van der Waals surface area contributed by atoms with Gasteiger partial charge in [0.05, 0.1) is 0 Å². The Balaban J connectivity index is 1.76. The van der Waals surface area contributed by atoms with Crippen LogP contribution in [-0.2, 0) is 18.3 Å². The Morgan fingerprint density at radius 1 is 1.30 bits per heavy atom. The molecule has 1 aliphatic rings. The van der Waals surface area contributed by atoms with E-state index in [-0.39, 0.29) is 17.4 Å². The van der Waals surface area contributed by atoms with Crippen molar-refractivity contribution < 1.29 is 19.5 Å². The molecular formula is C21H24N2O4. The molecule has 1 amide bonds. The maximum atomic E-state index is 12.6. The lowest BCUT2D eigenvalue weighted by Gasteiger charge is -2.28. The van der Waals surface area contributed by atoms with Crippen LogP contribution in [0, 0.1) is 0 Å². The first-order valence-corrected chi connectivity index (χ1v) is 9.15. The molecule has 2 atom stereocenters. The van der Waals surface area contributed by atoms with E-state index in [2.05, 4.69) is 17.4 Å². The number of aromatic nitrogens is 1. The van der Waals surface area contributed by atoms with Crippen molar-refractivity contribution in [2.75, 3.05) is 0 Å². The van der Waals surface area contributed by atoms with Gasteiger partial charge in [0.15, 0.2) is 5.78 Å². The predicted octanol–water partition coefficient (Wildman–Crippen LogP) is 2.92. The molecule has 2 aromatic rings. The van der Waals surface area contributed by atoms with Crippen LogP contribution < -0.4 is 5.32 Å². The minimum Gasteiger partial charge on any atom is -0.480 e. The minimum atomic E-state index is -1.05. The van der Waals surface area contributed by atoms with Gasteiger partial charge in [-0.3, -0.25) is 9.59 Å². The van der Waals surface area contributed by atoms with Crippen molar-refractivity contribution in [1.29, 1.82) is 0 Å². The number of carboxylic acid groups (broad SMARTS) is 1. The number of rotatable bonds is 6. The molecule has 0 bridgehead atoms. The van der Waals surface area contributed by atoms with Crippen molar-refractivity contribution in [3.63, 3.8) is 0 Å². The van der Waals surface area contributed by atoms with Crippen molar-refractivity contribution in [2.24, 2.45) is 7.05 Å². The second-order valence-electron chi connectivity index (χ2n) is 7.17. The highest BCUT2D eigenvalue weighted by atomic mass is 16.4. The zero-order valence-electron chi connectivity index (χ0n) is 15.6. The molecule has 0 saturated heterocycles. The number of fused-ring (bicyclic) bond motifs is 1. The fourth-order valence-corrected chi connectivity index (χ4v) is 3.82. The Morgan fingerprint density at radius 2 is 2.04 bits per heavy atom. The molecule has 1 aromatic carbocycles. The van der Waals surface area contributed by atoms with Crippen molar-refractivity contribution >= 4 is 17.7 Å². The summed E-state index contributed by atoms with van der Waals surface area (Å²) in [5, 5.41) is 12.3. The molecule has 0 radical (unpaired) electrons. The van der Waals surface area contributed by atoms with Crippen molar-refractivity contribution in [1.82, 2.24) is 9.88 Å². The number of nitrogens with zero attached hydrogens (tertiary/aromatic N) is 1. The first-order chi connectivity index (χ1) is 12.9. The van der Waals surface area contributed by atoms with Crippen molar-refractivity contribution in [2.45, 2.75) is 44.6 Å². The number of aliphatic carboxylic acids is 1. The van der Waals surface area contributed by atoms with Gasteiger partial charge < -0.3 is 15.0 Å². The van der Waals surface area contributed by atoms with E-state index >= 15 is 0 Å². The lowest BCUT2D eigenvalue weighted by Crippen LogP contribution is -2.42. The summed E-state index contributed by atoms with van der Waals surface area (Å²) in [4.78, 5) is 35.9. The SMILES string of the molecule is CC(=O)c1cc(C(=O)NC(CC2CCCc3ccccc32)C(=O)O)n(C)c1. The van der Waals surface area contributed by atoms with E-state index in [1.807, 2.05) is 12.1 Å².